The van der Waals surface area contributed by atoms with Gasteiger partial charge in [0.25, 0.3) is 0 Å². The molecule has 1 aliphatic heterocycles. The number of hydrogen-bond donors (Lipinski definition) is 1. The molecule has 1 fully saturated rings. The molecule has 0 aromatic heterocycles. The van der Waals surface area contributed by atoms with Crippen LogP contribution in [0.1, 0.15) is 24.0 Å². The van der Waals surface area contributed by atoms with Gasteiger partial charge in [0.2, 0.25) is 5.91 Å². The molecule has 0 unspecified atom stereocenters. The summed E-state index contributed by atoms with van der Waals surface area (Å²) in [6, 6.07) is 2.38. The first-order chi connectivity index (χ1) is 8.92. The molecular weight excluding hydrogens is 256 g/mol. The van der Waals surface area contributed by atoms with Gasteiger partial charge in [-0.3, -0.25) is 4.79 Å². The lowest BCUT2D eigenvalue weighted by atomic mass is 9.89. The molecule has 1 aromatic carbocycles. The molecule has 102 valence electrons. The van der Waals surface area contributed by atoms with Crippen molar-refractivity contribution in [3.8, 4) is 0 Å². The molecule has 6 heteroatoms. The van der Waals surface area contributed by atoms with Crippen molar-refractivity contribution in [1.29, 1.82) is 0 Å². The molecule has 2 atom stereocenters. The maximum atomic E-state index is 13.7. The summed E-state index contributed by atoms with van der Waals surface area (Å²) in [7, 11) is 0. The van der Waals surface area contributed by atoms with E-state index < -0.39 is 11.6 Å². The van der Waals surface area contributed by atoms with Crippen LogP contribution in [0.15, 0.2) is 12.1 Å². The summed E-state index contributed by atoms with van der Waals surface area (Å²) in [4.78, 5) is 27.5. The molecule has 2 rings (SSSR count). The molecule has 19 heavy (non-hydrogen) atoms. The largest absolute Gasteiger partial charge is 0.373 e. The Balaban J connectivity index is 0.000000550. The zero-order chi connectivity index (χ0) is 14.6. The smallest absolute Gasteiger partial charge is 0.355 e. The fraction of sp³-hybridized carbons (Fsp3) is 0.385. The third kappa shape index (κ3) is 3.23. The Labute approximate surface area is 108 Å². The second-order valence-corrected chi connectivity index (χ2v) is 4.35. The second kappa shape index (κ2) is 6.20. The monoisotopic (exact) mass is 269 g/mol. The number of halogens is 2. The summed E-state index contributed by atoms with van der Waals surface area (Å²) in [5.41, 5.74) is 0.570. The van der Waals surface area contributed by atoms with E-state index in [4.69, 9.17) is 9.59 Å². The standard InChI is InChI=1S/C12H13F2NO.CO2/c1-6-3-11(14)8(4-10(6)13)9-5-15-12(16)7(9)2;2-1-3/h3-4,7,9H,5H2,1-2H3,(H,15,16);/t7-,9+;/m0./s1. The van der Waals surface area contributed by atoms with Crippen molar-refractivity contribution in [2.75, 3.05) is 6.54 Å². The van der Waals surface area contributed by atoms with Crippen LogP contribution in [0, 0.1) is 24.5 Å². The van der Waals surface area contributed by atoms with Crippen LogP contribution in [-0.4, -0.2) is 18.6 Å². The topological polar surface area (TPSA) is 63.2 Å². The summed E-state index contributed by atoms with van der Waals surface area (Å²) in [6.45, 7) is 3.62. The van der Waals surface area contributed by atoms with E-state index in [1.807, 2.05) is 0 Å². The van der Waals surface area contributed by atoms with Crippen molar-refractivity contribution in [3.05, 3.63) is 34.9 Å². The number of nitrogens with one attached hydrogen (secondary N) is 1. The number of carbonyl (C=O) groups is 1. The first-order valence-corrected chi connectivity index (χ1v) is 5.64. The predicted molar refractivity (Wildman–Crippen MR) is 61.0 cm³/mol. The molecule has 0 aliphatic carbocycles. The Hall–Kier alpha value is -2.07. The van der Waals surface area contributed by atoms with Crippen LogP contribution in [0.2, 0.25) is 0 Å². The highest BCUT2D eigenvalue weighted by molar-refractivity contribution is 5.82. The van der Waals surface area contributed by atoms with Crippen LogP contribution >= 0.6 is 0 Å². The molecule has 1 aliphatic rings. The van der Waals surface area contributed by atoms with Crippen molar-refractivity contribution >= 4 is 12.1 Å². The lowest BCUT2D eigenvalue weighted by Gasteiger charge is -2.14. The minimum absolute atomic E-state index is 0.106. The maximum Gasteiger partial charge on any atom is 0.373 e. The quantitative estimate of drug-likeness (QED) is 0.841. The fourth-order valence-electron chi connectivity index (χ4n) is 2.06. The molecule has 0 radical (unpaired) electrons. The molecule has 1 saturated heterocycles. The Kier molecular flexibility index (Phi) is 4.89. The molecular formula is C13H13F2NO3. The van der Waals surface area contributed by atoms with E-state index in [-0.39, 0.29) is 35.0 Å². The van der Waals surface area contributed by atoms with Gasteiger partial charge in [0.05, 0.1) is 0 Å². The predicted octanol–water partition coefficient (Wildman–Crippen LogP) is 1.54. The van der Waals surface area contributed by atoms with E-state index in [9.17, 15) is 13.6 Å². The van der Waals surface area contributed by atoms with E-state index in [0.29, 0.717) is 6.54 Å². The molecule has 1 aromatic rings. The second-order valence-electron chi connectivity index (χ2n) is 4.35. The van der Waals surface area contributed by atoms with E-state index in [2.05, 4.69) is 5.32 Å². The Morgan fingerprint density at radius 1 is 1.26 bits per heavy atom. The zero-order valence-corrected chi connectivity index (χ0v) is 10.5. The maximum absolute atomic E-state index is 13.7. The highest BCUT2D eigenvalue weighted by atomic mass is 19.1. The Morgan fingerprint density at radius 2 is 1.84 bits per heavy atom. The van der Waals surface area contributed by atoms with Crippen molar-refractivity contribution < 1.29 is 23.2 Å². The Bertz CT molecular complexity index is 525. The van der Waals surface area contributed by atoms with Gasteiger partial charge in [-0.2, -0.15) is 9.59 Å². The van der Waals surface area contributed by atoms with Crippen LogP contribution in [-0.2, 0) is 14.4 Å². The van der Waals surface area contributed by atoms with Crippen molar-refractivity contribution in [3.63, 3.8) is 0 Å². The van der Waals surface area contributed by atoms with E-state index in [1.165, 1.54) is 19.1 Å². The summed E-state index contributed by atoms with van der Waals surface area (Å²) < 4.78 is 27.0. The van der Waals surface area contributed by atoms with E-state index in [1.54, 1.807) is 6.92 Å². The highest BCUT2D eigenvalue weighted by Gasteiger charge is 2.33. The van der Waals surface area contributed by atoms with Crippen molar-refractivity contribution in [2.24, 2.45) is 5.92 Å². The number of aryl methyl sites for hydroxylation is 1. The van der Waals surface area contributed by atoms with Crippen molar-refractivity contribution in [2.45, 2.75) is 19.8 Å². The summed E-state index contributed by atoms with van der Waals surface area (Å²) in [5.74, 6) is -1.56. The summed E-state index contributed by atoms with van der Waals surface area (Å²) in [5, 5.41) is 2.65. The first-order valence-electron chi connectivity index (χ1n) is 5.64. The van der Waals surface area contributed by atoms with E-state index in [0.717, 1.165) is 0 Å². The van der Waals surface area contributed by atoms with Gasteiger partial charge in [-0.1, -0.05) is 6.92 Å². The molecule has 0 bridgehead atoms. The highest BCUT2D eigenvalue weighted by Crippen LogP contribution is 2.31. The van der Waals surface area contributed by atoms with Crippen LogP contribution in [0.5, 0.6) is 0 Å². The third-order valence-electron chi connectivity index (χ3n) is 3.19. The first kappa shape index (κ1) is 15.0. The van der Waals surface area contributed by atoms with Gasteiger partial charge in [-0.15, -0.1) is 0 Å². The molecule has 1 amide bonds. The SMILES string of the molecule is Cc1cc(F)c([C@@H]2CNC(=O)[C@H]2C)cc1F.O=C=O. The lowest BCUT2D eigenvalue weighted by molar-refractivity contribution is -0.191. The van der Waals surface area contributed by atoms with Gasteiger partial charge in [0.1, 0.15) is 11.6 Å². The summed E-state index contributed by atoms with van der Waals surface area (Å²) in [6.07, 6.45) is 0.250. The normalized spacial score (nSPS) is 21.2. The number of carbonyl (C=O) groups excluding carboxylic acids is 3. The van der Waals surface area contributed by atoms with Crippen LogP contribution in [0.4, 0.5) is 8.78 Å². The van der Waals surface area contributed by atoms with Crippen LogP contribution in [0.3, 0.4) is 0 Å². The minimum atomic E-state index is -0.438. The lowest BCUT2D eigenvalue weighted by Crippen LogP contribution is -2.17. The van der Waals surface area contributed by atoms with Crippen molar-refractivity contribution in [1.82, 2.24) is 5.32 Å². The third-order valence-corrected chi connectivity index (χ3v) is 3.19. The van der Waals surface area contributed by atoms with Gasteiger partial charge >= 0.3 is 6.15 Å². The van der Waals surface area contributed by atoms with Gasteiger partial charge in [0, 0.05) is 18.4 Å². The molecule has 0 saturated carbocycles. The molecule has 1 heterocycles. The van der Waals surface area contributed by atoms with Gasteiger partial charge < -0.3 is 5.32 Å². The average molecular weight is 269 g/mol. The molecule has 0 spiro atoms. The van der Waals surface area contributed by atoms with Crippen LogP contribution < -0.4 is 5.32 Å². The van der Waals surface area contributed by atoms with Crippen LogP contribution in [0.25, 0.3) is 0 Å². The average Bonchev–Trinajstić information content (AvgIpc) is 2.66. The van der Waals surface area contributed by atoms with Gasteiger partial charge in [-0.05, 0) is 30.2 Å². The molecule has 4 nitrogen and oxygen atoms in total. The minimum Gasteiger partial charge on any atom is -0.355 e. The number of rotatable bonds is 1. The summed E-state index contributed by atoms with van der Waals surface area (Å²) >= 11 is 0. The number of benzene rings is 1. The van der Waals surface area contributed by atoms with Gasteiger partial charge in [0.15, 0.2) is 0 Å². The number of hydrogen-bond acceptors (Lipinski definition) is 3. The van der Waals surface area contributed by atoms with E-state index >= 15 is 0 Å². The number of amides is 1. The fourth-order valence-corrected chi connectivity index (χ4v) is 2.06. The zero-order valence-electron chi connectivity index (χ0n) is 10.5. The molecule has 1 N–H and O–H groups in total. The Morgan fingerprint density at radius 3 is 2.32 bits per heavy atom. The van der Waals surface area contributed by atoms with Gasteiger partial charge in [-0.25, -0.2) is 8.78 Å².